The van der Waals surface area contributed by atoms with Crippen LogP contribution in [0.4, 0.5) is 0 Å². The second-order valence-electron chi connectivity index (χ2n) is 4.70. The molecular formula is C11H18INO2. The first-order chi connectivity index (χ1) is 7.27. The molecule has 0 unspecified atom stereocenters. The van der Waals surface area contributed by atoms with Gasteiger partial charge in [-0.25, -0.2) is 3.53 Å². The molecule has 86 valence electrons. The summed E-state index contributed by atoms with van der Waals surface area (Å²) in [5.74, 6) is -0.0127. The Labute approximate surface area is 105 Å². The van der Waals surface area contributed by atoms with Crippen LogP contribution in [0.3, 0.4) is 0 Å². The first kappa shape index (κ1) is 11.6. The van der Waals surface area contributed by atoms with Crippen molar-refractivity contribution in [1.82, 2.24) is 3.53 Å². The fraction of sp³-hybridized carbons (Fsp3) is 0.909. The Morgan fingerprint density at radius 1 is 1.20 bits per heavy atom. The molecular weight excluding hydrogens is 305 g/mol. The van der Waals surface area contributed by atoms with Crippen LogP contribution < -0.4 is 3.53 Å². The van der Waals surface area contributed by atoms with E-state index in [4.69, 9.17) is 4.74 Å². The van der Waals surface area contributed by atoms with E-state index >= 15 is 0 Å². The average Bonchev–Trinajstić information content (AvgIpc) is 2.87. The standard InChI is InChI=1S/C11H18INO2/c12-13-11(7-3-4-8-11)10(14)15-9-5-1-2-6-9/h9,13H,1-8H2. The van der Waals surface area contributed by atoms with Gasteiger partial charge in [-0.1, -0.05) is 12.8 Å². The van der Waals surface area contributed by atoms with Gasteiger partial charge in [-0.2, -0.15) is 0 Å². The van der Waals surface area contributed by atoms with Crippen molar-refractivity contribution in [1.29, 1.82) is 0 Å². The van der Waals surface area contributed by atoms with Gasteiger partial charge < -0.3 is 4.74 Å². The van der Waals surface area contributed by atoms with Crippen LogP contribution in [0.2, 0.25) is 0 Å². The summed E-state index contributed by atoms with van der Waals surface area (Å²) in [7, 11) is 0. The lowest BCUT2D eigenvalue weighted by atomic mass is 10.00. The summed E-state index contributed by atoms with van der Waals surface area (Å²) in [5, 5.41) is 0. The number of carbonyl (C=O) groups excluding carboxylic acids is 1. The third kappa shape index (κ3) is 2.46. The molecule has 2 rings (SSSR count). The number of ether oxygens (including phenoxy) is 1. The molecule has 0 aliphatic heterocycles. The Morgan fingerprint density at radius 3 is 2.33 bits per heavy atom. The molecule has 2 aliphatic carbocycles. The van der Waals surface area contributed by atoms with Gasteiger partial charge >= 0.3 is 5.97 Å². The molecule has 0 bridgehead atoms. The molecule has 0 spiro atoms. The van der Waals surface area contributed by atoms with Crippen molar-refractivity contribution in [2.75, 3.05) is 0 Å². The fourth-order valence-corrected chi connectivity index (χ4v) is 3.35. The van der Waals surface area contributed by atoms with E-state index < -0.39 is 0 Å². The quantitative estimate of drug-likeness (QED) is 0.493. The third-order valence-electron chi connectivity index (χ3n) is 3.60. The summed E-state index contributed by atoms with van der Waals surface area (Å²) in [6.45, 7) is 0. The lowest BCUT2D eigenvalue weighted by Gasteiger charge is -2.26. The molecule has 15 heavy (non-hydrogen) atoms. The van der Waals surface area contributed by atoms with Crippen molar-refractivity contribution in [3.05, 3.63) is 0 Å². The maximum atomic E-state index is 12.1. The summed E-state index contributed by atoms with van der Waals surface area (Å²) in [5.41, 5.74) is -0.372. The van der Waals surface area contributed by atoms with Crippen molar-refractivity contribution in [2.45, 2.75) is 63.0 Å². The average molecular weight is 323 g/mol. The van der Waals surface area contributed by atoms with Gasteiger partial charge in [0, 0.05) is 22.9 Å². The Hall–Kier alpha value is 0.160. The van der Waals surface area contributed by atoms with Gasteiger partial charge in [-0.05, 0) is 38.5 Å². The second kappa shape index (κ2) is 4.99. The molecule has 0 atom stereocenters. The van der Waals surface area contributed by atoms with E-state index in [1.54, 1.807) is 0 Å². The van der Waals surface area contributed by atoms with Crippen LogP contribution in [0.25, 0.3) is 0 Å². The van der Waals surface area contributed by atoms with Crippen LogP contribution in [0.5, 0.6) is 0 Å². The highest BCUT2D eigenvalue weighted by atomic mass is 127. The van der Waals surface area contributed by atoms with E-state index in [2.05, 4.69) is 26.4 Å². The molecule has 0 amide bonds. The van der Waals surface area contributed by atoms with E-state index in [1.165, 1.54) is 12.8 Å². The van der Waals surface area contributed by atoms with Crippen LogP contribution in [0.15, 0.2) is 0 Å². The molecule has 0 aromatic rings. The van der Waals surface area contributed by atoms with E-state index in [-0.39, 0.29) is 17.6 Å². The lowest BCUT2D eigenvalue weighted by molar-refractivity contribution is -0.155. The summed E-state index contributed by atoms with van der Waals surface area (Å²) < 4.78 is 8.73. The summed E-state index contributed by atoms with van der Waals surface area (Å²) >= 11 is 2.09. The van der Waals surface area contributed by atoms with Crippen LogP contribution in [0, 0.1) is 0 Å². The number of hydrogen-bond acceptors (Lipinski definition) is 3. The highest BCUT2D eigenvalue weighted by molar-refractivity contribution is 14.1. The smallest absolute Gasteiger partial charge is 0.327 e. The van der Waals surface area contributed by atoms with Gasteiger partial charge in [0.15, 0.2) is 0 Å². The normalized spacial score (nSPS) is 25.7. The Bertz CT molecular complexity index is 233. The largest absolute Gasteiger partial charge is 0.461 e. The Balaban J connectivity index is 1.92. The topological polar surface area (TPSA) is 38.3 Å². The number of hydrogen-bond donors (Lipinski definition) is 1. The number of halogens is 1. The maximum Gasteiger partial charge on any atom is 0.327 e. The first-order valence-electron chi connectivity index (χ1n) is 5.86. The molecule has 2 aliphatic rings. The van der Waals surface area contributed by atoms with Crippen LogP contribution in [0.1, 0.15) is 51.4 Å². The number of nitrogens with one attached hydrogen (secondary N) is 1. The molecule has 2 fully saturated rings. The molecule has 0 aromatic heterocycles. The van der Waals surface area contributed by atoms with Gasteiger partial charge in [-0.3, -0.25) is 4.79 Å². The number of carbonyl (C=O) groups is 1. The highest BCUT2D eigenvalue weighted by Gasteiger charge is 2.42. The van der Waals surface area contributed by atoms with Gasteiger partial charge in [0.1, 0.15) is 11.6 Å². The lowest BCUT2D eigenvalue weighted by Crippen LogP contribution is -2.47. The zero-order valence-corrected chi connectivity index (χ0v) is 11.1. The predicted octanol–water partition coefficient (Wildman–Crippen LogP) is 2.72. The number of esters is 1. The molecule has 0 heterocycles. The Morgan fingerprint density at radius 2 is 1.80 bits per heavy atom. The molecule has 2 saturated carbocycles. The zero-order valence-electron chi connectivity index (χ0n) is 8.93. The molecule has 0 saturated heterocycles. The SMILES string of the molecule is O=C(OC1CCCC1)C1(NI)CCCC1. The summed E-state index contributed by atoms with van der Waals surface area (Å²) in [6.07, 6.45) is 8.87. The van der Waals surface area contributed by atoms with Crippen molar-refractivity contribution in [2.24, 2.45) is 0 Å². The molecule has 3 nitrogen and oxygen atoms in total. The maximum absolute atomic E-state index is 12.1. The van der Waals surface area contributed by atoms with Gasteiger partial charge in [-0.15, -0.1) is 0 Å². The van der Waals surface area contributed by atoms with E-state index in [0.717, 1.165) is 38.5 Å². The number of rotatable bonds is 3. The van der Waals surface area contributed by atoms with Gasteiger partial charge in [0.05, 0.1) is 0 Å². The van der Waals surface area contributed by atoms with Crippen molar-refractivity contribution >= 4 is 28.8 Å². The second-order valence-corrected chi connectivity index (χ2v) is 5.23. The monoisotopic (exact) mass is 323 g/mol. The molecule has 1 N–H and O–H groups in total. The third-order valence-corrected chi connectivity index (χ3v) is 4.64. The van der Waals surface area contributed by atoms with E-state index in [1.807, 2.05) is 0 Å². The minimum atomic E-state index is -0.372. The zero-order chi connectivity index (χ0) is 10.7. The first-order valence-corrected chi connectivity index (χ1v) is 6.94. The van der Waals surface area contributed by atoms with Crippen LogP contribution >= 0.6 is 22.9 Å². The molecule has 4 heteroatoms. The van der Waals surface area contributed by atoms with Gasteiger partial charge in [0.2, 0.25) is 0 Å². The summed E-state index contributed by atoms with van der Waals surface area (Å²) in [4.78, 5) is 12.1. The van der Waals surface area contributed by atoms with Gasteiger partial charge in [0.25, 0.3) is 0 Å². The van der Waals surface area contributed by atoms with Crippen molar-refractivity contribution in [3.8, 4) is 0 Å². The molecule has 0 aromatic carbocycles. The highest BCUT2D eigenvalue weighted by Crippen LogP contribution is 2.33. The fourth-order valence-electron chi connectivity index (χ4n) is 2.59. The van der Waals surface area contributed by atoms with Crippen LogP contribution in [-0.2, 0) is 9.53 Å². The van der Waals surface area contributed by atoms with Crippen molar-refractivity contribution < 1.29 is 9.53 Å². The predicted molar refractivity (Wildman–Crippen MR) is 66.7 cm³/mol. The van der Waals surface area contributed by atoms with Crippen LogP contribution in [-0.4, -0.2) is 17.6 Å². The van der Waals surface area contributed by atoms with E-state index in [9.17, 15) is 4.79 Å². The molecule has 0 radical (unpaired) electrons. The van der Waals surface area contributed by atoms with Crippen molar-refractivity contribution in [3.63, 3.8) is 0 Å². The van der Waals surface area contributed by atoms with E-state index in [0.29, 0.717) is 0 Å². The minimum Gasteiger partial charge on any atom is -0.461 e. The minimum absolute atomic E-state index is 0.0127. The summed E-state index contributed by atoms with van der Waals surface area (Å²) in [6, 6.07) is 0. The Kier molecular flexibility index (Phi) is 3.88.